The zero-order chi connectivity index (χ0) is 20.8. The summed E-state index contributed by atoms with van der Waals surface area (Å²) in [6, 6.07) is 14.6. The SMILES string of the molecule is CN1CCC2(C)c3cc(O)ccc3CC1C2N(C)C(=O)Nc1ccc(C#N)cc1. The van der Waals surface area contributed by atoms with Gasteiger partial charge in [-0.3, -0.25) is 0 Å². The van der Waals surface area contributed by atoms with Gasteiger partial charge in [-0.1, -0.05) is 13.0 Å². The van der Waals surface area contributed by atoms with Gasteiger partial charge in [-0.15, -0.1) is 0 Å². The third-order valence-electron chi connectivity index (χ3n) is 6.71. The molecule has 1 saturated heterocycles. The molecular weight excluding hydrogens is 364 g/mol. The van der Waals surface area contributed by atoms with E-state index in [1.165, 1.54) is 5.56 Å². The molecule has 0 radical (unpaired) electrons. The van der Waals surface area contributed by atoms with Gasteiger partial charge in [0.1, 0.15) is 5.75 Å². The fourth-order valence-electron chi connectivity index (χ4n) is 5.10. The fraction of sp³-hybridized carbons (Fsp3) is 0.391. The Hall–Kier alpha value is -3.04. The number of phenolic OH excluding ortho intramolecular Hbond substituents is 1. The molecule has 2 aromatic rings. The summed E-state index contributed by atoms with van der Waals surface area (Å²) >= 11 is 0. The molecule has 1 aliphatic carbocycles. The van der Waals surface area contributed by atoms with Gasteiger partial charge < -0.3 is 20.2 Å². The second-order valence-electron chi connectivity index (χ2n) is 8.44. The molecule has 3 unspecified atom stereocenters. The lowest BCUT2D eigenvalue weighted by molar-refractivity contribution is 0.0213. The van der Waals surface area contributed by atoms with Crippen LogP contribution in [0.2, 0.25) is 0 Å². The molecular formula is C23H26N4O2. The minimum absolute atomic E-state index is 0.0195. The maximum Gasteiger partial charge on any atom is 0.321 e. The number of nitrogens with zero attached hydrogens (tertiary/aromatic N) is 3. The first kappa shape index (κ1) is 19.3. The molecule has 6 nitrogen and oxygen atoms in total. The van der Waals surface area contributed by atoms with Crippen molar-refractivity contribution in [2.45, 2.75) is 37.3 Å². The van der Waals surface area contributed by atoms with Gasteiger partial charge in [0.05, 0.1) is 17.7 Å². The number of benzene rings is 2. The number of aromatic hydroxyl groups is 1. The first-order valence-corrected chi connectivity index (χ1v) is 9.90. The van der Waals surface area contributed by atoms with Crippen molar-refractivity contribution >= 4 is 11.7 Å². The smallest absolute Gasteiger partial charge is 0.321 e. The average Bonchev–Trinajstić information content (AvgIpc) is 2.71. The third-order valence-corrected chi connectivity index (χ3v) is 6.71. The Morgan fingerprint density at radius 3 is 2.72 bits per heavy atom. The van der Waals surface area contributed by atoms with Crippen LogP contribution in [0.3, 0.4) is 0 Å². The van der Waals surface area contributed by atoms with Crippen molar-refractivity contribution in [1.29, 1.82) is 5.26 Å². The summed E-state index contributed by atoms with van der Waals surface area (Å²) in [6.45, 7) is 3.17. The number of piperidine rings is 1. The van der Waals surface area contributed by atoms with E-state index in [4.69, 9.17) is 5.26 Å². The Balaban J connectivity index is 1.65. The van der Waals surface area contributed by atoms with Crippen molar-refractivity contribution in [2.24, 2.45) is 0 Å². The predicted molar refractivity (Wildman–Crippen MR) is 112 cm³/mol. The van der Waals surface area contributed by atoms with E-state index in [-0.39, 0.29) is 29.3 Å². The standard InChI is InChI=1S/C23H26N4O2/c1-23-10-11-26(2)20(12-16-6-9-18(28)13-19(16)23)21(23)27(3)22(29)25-17-7-4-15(14-24)5-8-17/h4-9,13,20-21,28H,10-12H2,1-3H3,(H,25,29). The zero-order valence-electron chi connectivity index (χ0n) is 17.0. The monoisotopic (exact) mass is 390 g/mol. The number of rotatable bonds is 2. The van der Waals surface area contributed by atoms with Crippen molar-refractivity contribution < 1.29 is 9.90 Å². The second kappa shape index (κ2) is 7.09. The van der Waals surface area contributed by atoms with E-state index in [1.54, 1.807) is 30.3 Å². The normalized spacial score (nSPS) is 25.6. The highest BCUT2D eigenvalue weighted by Crippen LogP contribution is 2.47. The molecule has 6 heteroatoms. The Morgan fingerprint density at radius 1 is 1.31 bits per heavy atom. The van der Waals surface area contributed by atoms with Crippen LogP contribution in [0.25, 0.3) is 0 Å². The first-order valence-electron chi connectivity index (χ1n) is 9.90. The molecule has 29 heavy (non-hydrogen) atoms. The van der Waals surface area contributed by atoms with Crippen LogP contribution in [0.5, 0.6) is 5.75 Å². The largest absolute Gasteiger partial charge is 0.508 e. The Labute approximate surface area is 171 Å². The highest BCUT2D eigenvalue weighted by Gasteiger charge is 2.52. The van der Waals surface area contributed by atoms with E-state index in [2.05, 4.69) is 30.3 Å². The van der Waals surface area contributed by atoms with Crippen LogP contribution in [-0.4, -0.2) is 53.7 Å². The summed E-state index contributed by atoms with van der Waals surface area (Å²) in [5, 5.41) is 22.0. The summed E-state index contributed by atoms with van der Waals surface area (Å²) in [5.74, 6) is 0.269. The molecule has 1 aliphatic heterocycles. The number of urea groups is 1. The van der Waals surface area contributed by atoms with Crippen molar-refractivity contribution in [3.05, 3.63) is 59.2 Å². The quantitative estimate of drug-likeness (QED) is 0.824. The second-order valence-corrected chi connectivity index (χ2v) is 8.44. The molecule has 2 amide bonds. The van der Waals surface area contributed by atoms with Crippen molar-refractivity contribution in [2.75, 3.05) is 26.0 Å². The highest BCUT2D eigenvalue weighted by atomic mass is 16.3. The molecule has 2 bridgehead atoms. The molecule has 1 fully saturated rings. The molecule has 4 rings (SSSR count). The van der Waals surface area contributed by atoms with Crippen molar-refractivity contribution in [3.8, 4) is 11.8 Å². The molecule has 150 valence electrons. The van der Waals surface area contributed by atoms with Gasteiger partial charge in [0.2, 0.25) is 0 Å². The fourth-order valence-corrected chi connectivity index (χ4v) is 5.10. The topological polar surface area (TPSA) is 79.6 Å². The van der Waals surface area contributed by atoms with Gasteiger partial charge >= 0.3 is 6.03 Å². The lowest BCUT2D eigenvalue weighted by Gasteiger charge is -2.57. The van der Waals surface area contributed by atoms with Crippen molar-refractivity contribution in [3.63, 3.8) is 0 Å². The van der Waals surface area contributed by atoms with Gasteiger partial charge in [-0.25, -0.2) is 4.79 Å². The number of hydrogen-bond acceptors (Lipinski definition) is 4. The number of amides is 2. The molecule has 2 aromatic carbocycles. The van der Waals surface area contributed by atoms with E-state index < -0.39 is 0 Å². The van der Waals surface area contributed by atoms with Crippen LogP contribution < -0.4 is 5.32 Å². The number of carbonyl (C=O) groups excluding carboxylic acids is 1. The third kappa shape index (κ3) is 3.22. The van der Waals surface area contributed by atoms with E-state index in [0.29, 0.717) is 11.3 Å². The molecule has 3 atom stereocenters. The van der Waals surface area contributed by atoms with Crippen LogP contribution in [-0.2, 0) is 11.8 Å². The number of anilines is 1. The number of likely N-dealkylation sites (N-methyl/N-ethyl adjacent to an activating group) is 2. The summed E-state index contributed by atoms with van der Waals surface area (Å²) in [5.41, 5.74) is 3.38. The Morgan fingerprint density at radius 2 is 2.03 bits per heavy atom. The molecule has 2 aliphatic rings. The van der Waals surface area contributed by atoms with Crippen LogP contribution >= 0.6 is 0 Å². The van der Waals surface area contributed by atoms with Gasteiger partial charge in [-0.2, -0.15) is 5.26 Å². The van der Waals surface area contributed by atoms with E-state index in [1.807, 2.05) is 24.1 Å². The maximum absolute atomic E-state index is 13.1. The lowest BCUT2D eigenvalue weighted by Crippen LogP contribution is -2.67. The molecule has 1 heterocycles. The van der Waals surface area contributed by atoms with Crippen LogP contribution in [0.4, 0.5) is 10.5 Å². The van der Waals surface area contributed by atoms with Gasteiger partial charge in [0.25, 0.3) is 0 Å². The molecule has 0 spiro atoms. The number of phenols is 1. The maximum atomic E-state index is 13.1. The number of likely N-dealkylation sites (tertiary alicyclic amines) is 1. The predicted octanol–water partition coefficient (Wildman–Crippen LogP) is 3.31. The van der Waals surface area contributed by atoms with E-state index >= 15 is 0 Å². The molecule has 2 N–H and O–H groups in total. The van der Waals surface area contributed by atoms with Crippen molar-refractivity contribution in [1.82, 2.24) is 9.80 Å². The van der Waals surface area contributed by atoms with Gasteiger partial charge in [0, 0.05) is 24.2 Å². The Bertz CT molecular complexity index is 981. The lowest BCUT2D eigenvalue weighted by atomic mass is 9.61. The number of fused-ring (bicyclic) bond motifs is 4. The number of nitrogens with one attached hydrogen (secondary N) is 1. The van der Waals surface area contributed by atoms with E-state index in [0.717, 1.165) is 24.9 Å². The first-order chi connectivity index (χ1) is 13.8. The zero-order valence-corrected chi connectivity index (χ0v) is 17.0. The van der Waals surface area contributed by atoms with Crippen LogP contribution in [0.1, 0.15) is 30.0 Å². The van der Waals surface area contributed by atoms with Gasteiger partial charge in [0.15, 0.2) is 0 Å². The minimum atomic E-state index is -0.236. The number of carbonyl (C=O) groups is 1. The van der Waals surface area contributed by atoms with Gasteiger partial charge in [-0.05, 0) is 74.0 Å². The summed E-state index contributed by atoms with van der Waals surface area (Å²) in [6.07, 6.45) is 1.76. The Kier molecular flexibility index (Phi) is 4.71. The molecule has 0 saturated carbocycles. The van der Waals surface area contributed by atoms with E-state index in [9.17, 15) is 9.90 Å². The summed E-state index contributed by atoms with van der Waals surface area (Å²) in [4.78, 5) is 17.3. The van der Waals surface area contributed by atoms with Crippen LogP contribution in [0, 0.1) is 11.3 Å². The molecule has 0 aromatic heterocycles. The summed E-state index contributed by atoms with van der Waals surface area (Å²) in [7, 11) is 3.97. The average molecular weight is 390 g/mol. The highest BCUT2D eigenvalue weighted by molar-refractivity contribution is 5.89. The number of hydrogen-bond donors (Lipinski definition) is 2. The number of nitriles is 1. The minimum Gasteiger partial charge on any atom is -0.508 e. The summed E-state index contributed by atoms with van der Waals surface area (Å²) < 4.78 is 0. The van der Waals surface area contributed by atoms with Crippen LogP contribution in [0.15, 0.2) is 42.5 Å².